The molecule has 1 atom stereocenters. The molecule has 0 amide bonds. The van der Waals surface area contributed by atoms with Crippen LogP contribution in [0.2, 0.25) is 0 Å². The molecule has 1 fully saturated rings. The zero-order valence-electron chi connectivity index (χ0n) is 18.7. The summed E-state index contributed by atoms with van der Waals surface area (Å²) in [7, 11) is 3.21. The highest BCUT2D eigenvalue weighted by Gasteiger charge is 2.36. The van der Waals surface area contributed by atoms with Crippen molar-refractivity contribution in [1.82, 2.24) is 19.5 Å². The number of hydrogen-bond acceptors (Lipinski definition) is 5. The number of hydrogen-bond donors (Lipinski definition) is 0. The third-order valence-corrected chi connectivity index (χ3v) is 6.02. The summed E-state index contributed by atoms with van der Waals surface area (Å²) in [5.41, 5.74) is 2.62. The van der Waals surface area contributed by atoms with Crippen LogP contribution in [0.4, 0.5) is 13.2 Å². The van der Waals surface area contributed by atoms with Crippen LogP contribution in [0.3, 0.4) is 0 Å². The molecule has 0 aliphatic carbocycles. The van der Waals surface area contributed by atoms with Crippen molar-refractivity contribution in [2.75, 3.05) is 27.3 Å². The van der Waals surface area contributed by atoms with Crippen LogP contribution in [0.15, 0.2) is 24.3 Å². The quantitative estimate of drug-likeness (QED) is 0.563. The third-order valence-electron chi connectivity index (χ3n) is 6.02. The van der Waals surface area contributed by atoms with Gasteiger partial charge in [0.2, 0.25) is 0 Å². The van der Waals surface area contributed by atoms with Gasteiger partial charge in [-0.15, -0.1) is 0 Å². The summed E-state index contributed by atoms with van der Waals surface area (Å²) >= 11 is 0. The maximum atomic E-state index is 13.7. The van der Waals surface area contributed by atoms with E-state index < -0.39 is 11.9 Å². The minimum atomic E-state index is -4.50. The second-order valence-corrected chi connectivity index (χ2v) is 8.33. The van der Waals surface area contributed by atoms with Gasteiger partial charge in [-0.1, -0.05) is 0 Å². The predicted octanol–water partition coefficient (Wildman–Crippen LogP) is 4.76. The van der Waals surface area contributed by atoms with Crippen LogP contribution in [0, 0.1) is 13.8 Å². The van der Waals surface area contributed by atoms with E-state index in [-0.39, 0.29) is 11.6 Å². The number of methoxy groups -OCH3 is 2. The molecule has 3 aromatic rings. The molecular formula is C23H27F3N4O2. The minimum absolute atomic E-state index is 0.0782. The number of halogens is 3. The highest BCUT2D eigenvalue weighted by atomic mass is 19.4. The number of alkyl halides is 3. The Kier molecular flexibility index (Phi) is 6.03. The molecule has 1 aliphatic rings. The maximum absolute atomic E-state index is 13.7. The lowest BCUT2D eigenvalue weighted by Crippen LogP contribution is -2.34. The molecule has 0 spiro atoms. The van der Waals surface area contributed by atoms with E-state index >= 15 is 0 Å². The van der Waals surface area contributed by atoms with Crippen LogP contribution in [0.5, 0.6) is 11.5 Å². The van der Waals surface area contributed by atoms with Gasteiger partial charge >= 0.3 is 6.18 Å². The van der Waals surface area contributed by atoms with E-state index in [1.807, 2.05) is 19.1 Å². The Hall–Kier alpha value is -2.81. The van der Waals surface area contributed by atoms with E-state index in [9.17, 15) is 13.2 Å². The number of nitrogens with zero attached hydrogens (tertiary/aromatic N) is 4. The van der Waals surface area contributed by atoms with E-state index in [4.69, 9.17) is 9.47 Å². The second-order valence-electron chi connectivity index (χ2n) is 8.33. The van der Waals surface area contributed by atoms with Gasteiger partial charge in [0.15, 0.2) is 17.1 Å². The van der Waals surface area contributed by atoms with Crippen LogP contribution in [0.25, 0.3) is 5.65 Å². The zero-order valence-corrected chi connectivity index (χ0v) is 18.7. The summed E-state index contributed by atoms with van der Waals surface area (Å²) < 4.78 is 52.8. The number of piperidine rings is 1. The lowest BCUT2D eigenvalue weighted by molar-refractivity contribution is -0.142. The molecule has 2 aromatic heterocycles. The Morgan fingerprint density at radius 1 is 1.06 bits per heavy atom. The van der Waals surface area contributed by atoms with Crippen LogP contribution in [0.1, 0.15) is 47.0 Å². The molecule has 3 heterocycles. The van der Waals surface area contributed by atoms with Gasteiger partial charge in [0.05, 0.1) is 19.9 Å². The van der Waals surface area contributed by atoms with E-state index in [1.165, 1.54) is 0 Å². The van der Waals surface area contributed by atoms with Crippen LogP contribution in [-0.4, -0.2) is 46.8 Å². The molecule has 1 aromatic carbocycles. The van der Waals surface area contributed by atoms with Crippen LogP contribution < -0.4 is 9.47 Å². The molecule has 172 valence electrons. The molecule has 1 saturated heterocycles. The monoisotopic (exact) mass is 448 g/mol. The second kappa shape index (κ2) is 8.61. The third kappa shape index (κ3) is 4.39. The number of rotatable bonds is 5. The molecule has 0 radical (unpaired) electrons. The summed E-state index contributed by atoms with van der Waals surface area (Å²) in [6.07, 6.45) is -2.81. The topological polar surface area (TPSA) is 51.9 Å². The Bertz CT molecular complexity index is 1130. The number of ether oxygens (including phenoxy) is 2. The Morgan fingerprint density at radius 2 is 1.78 bits per heavy atom. The molecule has 0 unspecified atom stereocenters. The van der Waals surface area contributed by atoms with Crippen molar-refractivity contribution in [2.24, 2.45) is 0 Å². The smallest absolute Gasteiger partial charge is 0.433 e. The average molecular weight is 448 g/mol. The molecule has 6 nitrogen and oxygen atoms in total. The lowest BCUT2D eigenvalue weighted by Gasteiger charge is -2.33. The fourth-order valence-corrected chi connectivity index (χ4v) is 4.39. The van der Waals surface area contributed by atoms with Crippen LogP contribution in [-0.2, 0) is 12.7 Å². The molecule has 9 heteroatoms. The summed E-state index contributed by atoms with van der Waals surface area (Å²) in [5.74, 6) is 1.27. The van der Waals surface area contributed by atoms with Gasteiger partial charge in [-0.25, -0.2) is 9.50 Å². The predicted molar refractivity (Wildman–Crippen MR) is 114 cm³/mol. The maximum Gasteiger partial charge on any atom is 0.433 e. The summed E-state index contributed by atoms with van der Waals surface area (Å²) in [4.78, 5) is 6.81. The lowest BCUT2D eigenvalue weighted by atomic mass is 9.93. The van der Waals surface area contributed by atoms with Crippen molar-refractivity contribution in [3.63, 3.8) is 0 Å². The van der Waals surface area contributed by atoms with Crippen molar-refractivity contribution >= 4 is 5.65 Å². The molecule has 0 bridgehead atoms. The first kappa shape index (κ1) is 22.4. The highest BCUT2D eigenvalue weighted by molar-refractivity contribution is 5.47. The number of fused-ring (bicyclic) bond motifs is 1. The van der Waals surface area contributed by atoms with E-state index in [1.54, 1.807) is 27.2 Å². The normalized spacial score (nSPS) is 17.7. The first-order valence-electron chi connectivity index (χ1n) is 10.6. The largest absolute Gasteiger partial charge is 0.493 e. The Morgan fingerprint density at radius 3 is 2.47 bits per heavy atom. The van der Waals surface area contributed by atoms with E-state index in [0.29, 0.717) is 36.0 Å². The van der Waals surface area contributed by atoms with Crippen molar-refractivity contribution in [2.45, 2.75) is 45.3 Å². The van der Waals surface area contributed by atoms with Crippen molar-refractivity contribution in [1.29, 1.82) is 0 Å². The van der Waals surface area contributed by atoms with Gasteiger partial charge in [-0.2, -0.15) is 18.3 Å². The van der Waals surface area contributed by atoms with Crippen LogP contribution >= 0.6 is 0 Å². The number of likely N-dealkylation sites (tertiary alicyclic amines) is 1. The average Bonchev–Trinajstić information content (AvgIpc) is 3.13. The van der Waals surface area contributed by atoms with E-state index in [2.05, 4.69) is 15.0 Å². The van der Waals surface area contributed by atoms with E-state index in [0.717, 1.165) is 41.1 Å². The van der Waals surface area contributed by atoms with Gasteiger partial charge in [0.1, 0.15) is 5.69 Å². The minimum Gasteiger partial charge on any atom is -0.493 e. The molecular weight excluding hydrogens is 421 g/mol. The fourth-order valence-electron chi connectivity index (χ4n) is 4.39. The van der Waals surface area contributed by atoms with Gasteiger partial charge in [-0.05, 0) is 62.6 Å². The van der Waals surface area contributed by atoms with Gasteiger partial charge in [0.25, 0.3) is 0 Å². The summed E-state index contributed by atoms with van der Waals surface area (Å²) in [5, 5.41) is 3.98. The molecule has 4 rings (SSSR count). The number of aryl methyl sites for hydroxylation is 2. The zero-order chi connectivity index (χ0) is 23.0. The first-order chi connectivity index (χ1) is 15.2. The number of aromatic nitrogens is 3. The standard InChI is InChI=1S/C23H27F3N4O2/c1-14-8-19(31-3)20(32-4)10-17(14)13-29-7-5-6-16(12-29)18-11-21(23(24,25)26)30-22(27-18)9-15(2)28-30/h8-11,16H,5-7,12-13H2,1-4H3/t16-/m0/s1. The highest BCUT2D eigenvalue weighted by Crippen LogP contribution is 2.35. The van der Waals surface area contributed by atoms with Crippen molar-refractivity contribution < 1.29 is 22.6 Å². The van der Waals surface area contributed by atoms with Crippen molar-refractivity contribution in [3.05, 3.63) is 52.5 Å². The SMILES string of the molecule is COc1cc(C)c(CN2CCC[C@H](c3cc(C(F)(F)F)n4nc(C)cc4n3)C2)cc1OC. The molecule has 1 aliphatic heterocycles. The van der Waals surface area contributed by atoms with Gasteiger partial charge < -0.3 is 9.47 Å². The summed E-state index contributed by atoms with van der Waals surface area (Å²) in [6.45, 7) is 5.89. The molecule has 32 heavy (non-hydrogen) atoms. The van der Waals surface area contributed by atoms with Gasteiger partial charge in [0, 0.05) is 30.8 Å². The fraction of sp³-hybridized carbons (Fsp3) is 0.478. The Balaban J connectivity index is 1.61. The molecule has 0 N–H and O–H groups in total. The van der Waals surface area contributed by atoms with Gasteiger partial charge in [-0.3, -0.25) is 4.90 Å². The Labute approximate surface area is 185 Å². The number of benzene rings is 1. The van der Waals surface area contributed by atoms with Crippen molar-refractivity contribution in [3.8, 4) is 11.5 Å². The first-order valence-corrected chi connectivity index (χ1v) is 10.6. The molecule has 0 saturated carbocycles. The summed E-state index contributed by atoms with van der Waals surface area (Å²) in [6, 6.07) is 6.67.